The van der Waals surface area contributed by atoms with Gasteiger partial charge in [0.1, 0.15) is 17.6 Å². The molecule has 2 atom stereocenters. The molecule has 1 fully saturated rings. The zero-order chi connectivity index (χ0) is 28.1. The fraction of sp³-hybridized carbons (Fsp3) is 0.469. The molecule has 2 N–H and O–H groups in total. The molecular weight excluding hydrogens is 509 g/mol. The van der Waals surface area contributed by atoms with Crippen LogP contribution in [0.3, 0.4) is 0 Å². The van der Waals surface area contributed by atoms with Crippen molar-refractivity contribution in [3.05, 3.63) is 82.4 Å². The standard InChI is InChI=1S/C32H38FN3O4/c1-40-32(39)28(20-22-13-17-26(37)18-14-22)34-31(38)29-27-10-6-5-7-23(19-21-11-15-24(33)16-12-21)30(27)36(35-29)25-8-3-2-4-9-25/h11-18,23,25,28,37H,2-10,19-20H2,1H3,(H,34,38). The fourth-order valence-corrected chi connectivity index (χ4v) is 6.31. The molecule has 5 rings (SSSR count). The Hall–Kier alpha value is -3.68. The largest absolute Gasteiger partial charge is 0.508 e. The molecule has 212 valence electrons. The van der Waals surface area contributed by atoms with Crippen LogP contribution in [-0.2, 0) is 28.8 Å². The maximum Gasteiger partial charge on any atom is 0.328 e. The molecule has 8 heteroatoms. The number of fused-ring (bicyclic) bond motifs is 1. The van der Waals surface area contributed by atoms with Crippen LogP contribution in [-0.4, -0.2) is 39.9 Å². The Balaban J connectivity index is 1.48. The second-order valence-electron chi connectivity index (χ2n) is 11.1. The van der Waals surface area contributed by atoms with Crippen LogP contribution in [0.15, 0.2) is 48.5 Å². The van der Waals surface area contributed by atoms with Crippen LogP contribution in [0.2, 0.25) is 0 Å². The second-order valence-corrected chi connectivity index (χ2v) is 11.1. The van der Waals surface area contributed by atoms with Gasteiger partial charge in [0.25, 0.3) is 5.91 Å². The van der Waals surface area contributed by atoms with Crippen molar-refractivity contribution >= 4 is 11.9 Å². The van der Waals surface area contributed by atoms with E-state index in [9.17, 15) is 19.1 Å². The van der Waals surface area contributed by atoms with E-state index in [4.69, 9.17) is 9.84 Å². The van der Waals surface area contributed by atoms with E-state index in [0.717, 1.165) is 80.2 Å². The summed E-state index contributed by atoms with van der Waals surface area (Å²) in [7, 11) is 1.31. The number of hydrogen-bond acceptors (Lipinski definition) is 5. The summed E-state index contributed by atoms with van der Waals surface area (Å²) in [5.41, 5.74) is 4.36. The van der Waals surface area contributed by atoms with Crippen molar-refractivity contribution in [2.45, 2.75) is 88.6 Å². The van der Waals surface area contributed by atoms with Crippen molar-refractivity contribution in [3.63, 3.8) is 0 Å². The van der Waals surface area contributed by atoms with Gasteiger partial charge in [-0.2, -0.15) is 5.10 Å². The van der Waals surface area contributed by atoms with Crippen molar-refractivity contribution in [3.8, 4) is 5.75 Å². The molecule has 1 heterocycles. The van der Waals surface area contributed by atoms with Crippen molar-refractivity contribution in [2.75, 3.05) is 7.11 Å². The summed E-state index contributed by atoms with van der Waals surface area (Å²) < 4.78 is 20.8. The highest BCUT2D eigenvalue weighted by Crippen LogP contribution is 2.39. The van der Waals surface area contributed by atoms with Gasteiger partial charge in [0, 0.05) is 23.6 Å². The van der Waals surface area contributed by atoms with Crippen molar-refractivity contribution < 1.29 is 23.8 Å². The molecular formula is C32H38FN3O4. The summed E-state index contributed by atoms with van der Waals surface area (Å²) in [6.45, 7) is 0. The third-order valence-corrected chi connectivity index (χ3v) is 8.36. The molecule has 0 bridgehead atoms. The number of methoxy groups -OCH3 is 1. The number of halogens is 1. The number of aromatic hydroxyl groups is 1. The highest BCUT2D eigenvalue weighted by atomic mass is 19.1. The number of amides is 1. The molecule has 1 amide bonds. The van der Waals surface area contributed by atoms with Crippen LogP contribution in [0.1, 0.15) is 96.2 Å². The summed E-state index contributed by atoms with van der Waals surface area (Å²) in [5.74, 6) is -0.847. The van der Waals surface area contributed by atoms with Gasteiger partial charge in [-0.3, -0.25) is 9.48 Å². The van der Waals surface area contributed by atoms with E-state index >= 15 is 0 Å². The minimum absolute atomic E-state index is 0.133. The lowest BCUT2D eigenvalue weighted by atomic mass is 9.89. The molecule has 0 aliphatic heterocycles. The second kappa shape index (κ2) is 12.7. The number of rotatable bonds is 8. The van der Waals surface area contributed by atoms with Crippen LogP contribution < -0.4 is 5.32 Å². The Morgan fingerprint density at radius 1 is 1.00 bits per heavy atom. The van der Waals surface area contributed by atoms with Gasteiger partial charge in [-0.05, 0) is 73.9 Å². The van der Waals surface area contributed by atoms with E-state index in [-0.39, 0.29) is 35.9 Å². The van der Waals surface area contributed by atoms with Crippen molar-refractivity contribution in [2.24, 2.45) is 0 Å². The van der Waals surface area contributed by atoms with Gasteiger partial charge in [0.2, 0.25) is 0 Å². The number of benzene rings is 2. The van der Waals surface area contributed by atoms with Gasteiger partial charge >= 0.3 is 5.97 Å². The van der Waals surface area contributed by atoms with Gasteiger partial charge in [0.15, 0.2) is 5.69 Å². The molecule has 2 aliphatic rings. The van der Waals surface area contributed by atoms with E-state index in [1.807, 2.05) is 12.1 Å². The first-order chi connectivity index (χ1) is 19.4. The first kappa shape index (κ1) is 27.9. The third-order valence-electron chi connectivity index (χ3n) is 8.36. The Morgan fingerprint density at radius 2 is 1.68 bits per heavy atom. The van der Waals surface area contributed by atoms with E-state index in [1.54, 1.807) is 24.3 Å². The molecule has 7 nitrogen and oxygen atoms in total. The maximum absolute atomic E-state index is 13.8. The minimum atomic E-state index is -0.890. The monoisotopic (exact) mass is 547 g/mol. The molecule has 0 spiro atoms. The first-order valence-electron chi connectivity index (χ1n) is 14.4. The van der Waals surface area contributed by atoms with Gasteiger partial charge in [0.05, 0.1) is 13.2 Å². The highest BCUT2D eigenvalue weighted by Gasteiger charge is 2.34. The van der Waals surface area contributed by atoms with Crippen LogP contribution in [0.25, 0.3) is 0 Å². The lowest BCUT2D eigenvalue weighted by Gasteiger charge is -2.27. The van der Waals surface area contributed by atoms with Crippen LogP contribution >= 0.6 is 0 Å². The number of carbonyl (C=O) groups is 2. The number of aromatic nitrogens is 2. The number of hydrogen-bond donors (Lipinski definition) is 2. The van der Waals surface area contributed by atoms with Crippen molar-refractivity contribution in [1.82, 2.24) is 15.1 Å². The molecule has 0 radical (unpaired) electrons. The topological polar surface area (TPSA) is 93.4 Å². The maximum atomic E-state index is 13.8. The summed E-state index contributed by atoms with van der Waals surface area (Å²) in [6.07, 6.45) is 10.3. The lowest BCUT2D eigenvalue weighted by molar-refractivity contribution is -0.142. The average molecular weight is 548 g/mol. The average Bonchev–Trinajstić information content (AvgIpc) is 3.24. The quantitative estimate of drug-likeness (QED) is 0.275. The van der Waals surface area contributed by atoms with E-state index in [0.29, 0.717) is 5.69 Å². The summed E-state index contributed by atoms with van der Waals surface area (Å²) in [4.78, 5) is 26.5. The SMILES string of the molecule is COC(=O)C(Cc1ccc(O)cc1)NC(=O)c1nn(C2CCCCC2)c2c1CCCCC2Cc1ccc(F)cc1. The molecule has 0 saturated heterocycles. The Morgan fingerprint density at radius 3 is 2.38 bits per heavy atom. The molecule has 2 aliphatic carbocycles. The molecule has 1 saturated carbocycles. The number of nitrogens with one attached hydrogen (secondary N) is 1. The van der Waals surface area contributed by atoms with E-state index in [1.165, 1.54) is 25.7 Å². The van der Waals surface area contributed by atoms with Crippen molar-refractivity contribution in [1.29, 1.82) is 0 Å². The first-order valence-corrected chi connectivity index (χ1v) is 14.4. The van der Waals surface area contributed by atoms with E-state index < -0.39 is 12.0 Å². The van der Waals surface area contributed by atoms with Crippen LogP contribution in [0.5, 0.6) is 5.75 Å². The number of carbonyl (C=O) groups excluding carboxylic acids is 2. The zero-order valence-corrected chi connectivity index (χ0v) is 23.1. The van der Waals surface area contributed by atoms with Gasteiger partial charge in [-0.15, -0.1) is 0 Å². The fourth-order valence-electron chi connectivity index (χ4n) is 6.31. The summed E-state index contributed by atoms with van der Waals surface area (Å²) in [5, 5.41) is 17.5. The van der Waals surface area contributed by atoms with Gasteiger partial charge in [-0.25, -0.2) is 9.18 Å². The molecule has 2 aromatic carbocycles. The zero-order valence-electron chi connectivity index (χ0n) is 23.1. The predicted octanol–water partition coefficient (Wildman–Crippen LogP) is 5.80. The summed E-state index contributed by atoms with van der Waals surface area (Å²) in [6, 6.07) is 12.6. The molecule has 3 aromatic rings. The lowest BCUT2D eigenvalue weighted by Crippen LogP contribution is -2.43. The molecule has 1 aromatic heterocycles. The van der Waals surface area contributed by atoms with Crippen LogP contribution in [0, 0.1) is 5.82 Å². The van der Waals surface area contributed by atoms with Crippen LogP contribution in [0.4, 0.5) is 4.39 Å². The van der Waals surface area contributed by atoms with Gasteiger partial charge < -0.3 is 15.2 Å². The smallest absolute Gasteiger partial charge is 0.328 e. The Labute approximate surface area is 234 Å². The number of ether oxygens (including phenoxy) is 1. The number of phenols is 1. The number of esters is 1. The Bertz CT molecular complexity index is 1310. The molecule has 2 unspecified atom stereocenters. The number of nitrogens with zero attached hydrogens (tertiary/aromatic N) is 2. The van der Waals surface area contributed by atoms with Gasteiger partial charge in [-0.1, -0.05) is 49.9 Å². The normalized spacial score (nSPS) is 18.4. The number of phenolic OH excluding ortho intramolecular Hbond substituents is 1. The van der Waals surface area contributed by atoms with E-state index in [2.05, 4.69) is 10.00 Å². The predicted molar refractivity (Wildman–Crippen MR) is 150 cm³/mol. The third kappa shape index (κ3) is 6.37. The minimum Gasteiger partial charge on any atom is -0.508 e. The summed E-state index contributed by atoms with van der Waals surface area (Å²) >= 11 is 0. The molecule has 40 heavy (non-hydrogen) atoms. The highest BCUT2D eigenvalue weighted by molar-refractivity contribution is 5.96. The Kier molecular flexibility index (Phi) is 8.82.